The van der Waals surface area contributed by atoms with Crippen LogP contribution in [0.15, 0.2) is 6.07 Å². The van der Waals surface area contributed by atoms with Gasteiger partial charge in [-0.25, -0.2) is 9.97 Å². The van der Waals surface area contributed by atoms with Gasteiger partial charge < -0.3 is 10.1 Å². The van der Waals surface area contributed by atoms with Crippen LogP contribution >= 0.6 is 11.6 Å². The number of ether oxygens (including phenoxy) is 1. The number of anilines is 1. The molecular weight excluding hydrogens is 250 g/mol. The first-order valence-corrected chi connectivity index (χ1v) is 6.99. The molecule has 102 valence electrons. The van der Waals surface area contributed by atoms with Gasteiger partial charge in [0.25, 0.3) is 0 Å². The van der Waals surface area contributed by atoms with Crippen LogP contribution in [0.25, 0.3) is 0 Å². The molecule has 4 nitrogen and oxygen atoms in total. The number of hydrogen-bond acceptors (Lipinski definition) is 4. The summed E-state index contributed by atoms with van der Waals surface area (Å²) in [5.74, 6) is 1.40. The Labute approximate surface area is 114 Å². The molecule has 18 heavy (non-hydrogen) atoms. The quantitative estimate of drug-likeness (QED) is 0.550. The van der Waals surface area contributed by atoms with E-state index < -0.39 is 0 Å². The minimum absolute atomic E-state index is 0.404. The number of rotatable bonds is 9. The van der Waals surface area contributed by atoms with Crippen molar-refractivity contribution >= 4 is 17.4 Å². The highest BCUT2D eigenvalue weighted by atomic mass is 35.5. The molecule has 0 amide bonds. The fourth-order valence-corrected chi connectivity index (χ4v) is 1.78. The van der Waals surface area contributed by atoms with Crippen LogP contribution in [-0.4, -0.2) is 23.1 Å². The lowest BCUT2D eigenvalue weighted by Crippen LogP contribution is -2.07. The fraction of sp³-hybridized carbons (Fsp3) is 0.692. The molecule has 5 heteroatoms. The Morgan fingerprint density at radius 3 is 2.78 bits per heavy atom. The van der Waals surface area contributed by atoms with E-state index in [0.29, 0.717) is 24.2 Å². The molecule has 1 heterocycles. The third-order valence-corrected chi connectivity index (χ3v) is 2.71. The first-order valence-electron chi connectivity index (χ1n) is 6.61. The molecule has 0 saturated heterocycles. The van der Waals surface area contributed by atoms with Gasteiger partial charge in [-0.2, -0.15) is 0 Å². The van der Waals surface area contributed by atoms with E-state index in [2.05, 4.69) is 22.2 Å². The number of halogens is 1. The Morgan fingerprint density at radius 2 is 2.06 bits per heavy atom. The molecule has 0 spiro atoms. The molecule has 0 saturated carbocycles. The van der Waals surface area contributed by atoms with Gasteiger partial charge in [0.1, 0.15) is 17.6 Å². The van der Waals surface area contributed by atoms with Crippen LogP contribution in [0.5, 0.6) is 0 Å². The minimum Gasteiger partial charge on any atom is -0.374 e. The highest BCUT2D eigenvalue weighted by Gasteiger charge is 2.03. The molecule has 1 rings (SSSR count). The average Bonchev–Trinajstić information content (AvgIpc) is 2.35. The van der Waals surface area contributed by atoms with Crippen LogP contribution in [0.2, 0.25) is 5.15 Å². The second-order valence-corrected chi connectivity index (χ2v) is 4.50. The SMILES string of the molecule is CCCCCCNc1cc(Cl)nc(COCC)n1. The topological polar surface area (TPSA) is 47.0 Å². The normalized spacial score (nSPS) is 10.6. The Balaban J connectivity index is 2.41. The molecule has 0 fully saturated rings. The lowest BCUT2D eigenvalue weighted by atomic mass is 10.2. The molecule has 0 atom stereocenters. The summed E-state index contributed by atoms with van der Waals surface area (Å²) in [5.41, 5.74) is 0. The van der Waals surface area contributed by atoms with Gasteiger partial charge in [0, 0.05) is 19.2 Å². The van der Waals surface area contributed by atoms with Crippen LogP contribution in [0.3, 0.4) is 0 Å². The van der Waals surface area contributed by atoms with Crippen LogP contribution in [-0.2, 0) is 11.3 Å². The van der Waals surface area contributed by atoms with Gasteiger partial charge in [-0.3, -0.25) is 0 Å². The van der Waals surface area contributed by atoms with Crippen LogP contribution in [0, 0.1) is 0 Å². The molecular formula is C13H22ClN3O. The summed E-state index contributed by atoms with van der Waals surface area (Å²) in [6, 6.07) is 1.75. The van der Waals surface area contributed by atoms with Crippen molar-refractivity contribution in [2.75, 3.05) is 18.5 Å². The Morgan fingerprint density at radius 1 is 1.22 bits per heavy atom. The first-order chi connectivity index (χ1) is 8.76. The lowest BCUT2D eigenvalue weighted by molar-refractivity contribution is 0.128. The first kappa shape index (κ1) is 15.2. The third-order valence-electron chi connectivity index (χ3n) is 2.51. The van der Waals surface area contributed by atoms with Gasteiger partial charge in [-0.1, -0.05) is 37.8 Å². The molecule has 0 unspecified atom stereocenters. The van der Waals surface area contributed by atoms with E-state index in [1.54, 1.807) is 6.07 Å². The maximum absolute atomic E-state index is 5.94. The van der Waals surface area contributed by atoms with E-state index in [4.69, 9.17) is 16.3 Å². The zero-order valence-corrected chi connectivity index (χ0v) is 12.0. The zero-order chi connectivity index (χ0) is 13.2. The van der Waals surface area contributed by atoms with Gasteiger partial charge in [-0.15, -0.1) is 0 Å². The van der Waals surface area contributed by atoms with Gasteiger partial charge >= 0.3 is 0 Å². The number of nitrogens with one attached hydrogen (secondary N) is 1. The van der Waals surface area contributed by atoms with Crippen LogP contribution in [0.4, 0.5) is 5.82 Å². The second-order valence-electron chi connectivity index (χ2n) is 4.12. The molecule has 0 aliphatic heterocycles. The van der Waals surface area contributed by atoms with Gasteiger partial charge in [-0.05, 0) is 13.3 Å². The summed E-state index contributed by atoms with van der Waals surface area (Å²) >= 11 is 5.94. The van der Waals surface area contributed by atoms with Crippen molar-refractivity contribution in [3.8, 4) is 0 Å². The maximum atomic E-state index is 5.94. The summed E-state index contributed by atoms with van der Waals surface area (Å²) in [6.07, 6.45) is 4.92. The van der Waals surface area contributed by atoms with Gasteiger partial charge in [0.15, 0.2) is 5.82 Å². The number of unbranched alkanes of at least 4 members (excludes halogenated alkanes) is 3. The number of hydrogen-bond donors (Lipinski definition) is 1. The van der Waals surface area contributed by atoms with Crippen molar-refractivity contribution in [3.05, 3.63) is 17.0 Å². The summed E-state index contributed by atoms with van der Waals surface area (Å²) in [7, 11) is 0. The summed E-state index contributed by atoms with van der Waals surface area (Å²) in [6.45, 7) is 6.12. The average molecular weight is 272 g/mol. The molecule has 0 aliphatic rings. The second kappa shape index (κ2) is 9.11. The van der Waals surface area contributed by atoms with Gasteiger partial charge in [0.2, 0.25) is 0 Å². The smallest absolute Gasteiger partial charge is 0.158 e. The molecule has 0 bridgehead atoms. The van der Waals surface area contributed by atoms with Crippen molar-refractivity contribution in [2.45, 2.75) is 46.1 Å². The van der Waals surface area contributed by atoms with Crippen LogP contribution in [0.1, 0.15) is 45.4 Å². The van der Waals surface area contributed by atoms with E-state index in [0.717, 1.165) is 18.8 Å². The predicted octanol–water partition coefficient (Wildman–Crippen LogP) is 3.66. The minimum atomic E-state index is 0.404. The highest BCUT2D eigenvalue weighted by Crippen LogP contribution is 2.12. The number of nitrogens with zero attached hydrogens (tertiary/aromatic N) is 2. The molecule has 1 N–H and O–H groups in total. The third kappa shape index (κ3) is 6.17. The van der Waals surface area contributed by atoms with Gasteiger partial charge in [0.05, 0.1) is 0 Å². The molecule has 0 aliphatic carbocycles. The standard InChI is InChI=1S/C13H22ClN3O/c1-3-5-6-7-8-15-12-9-11(14)16-13(17-12)10-18-4-2/h9H,3-8,10H2,1-2H3,(H,15,16,17). The van der Waals surface area contributed by atoms with Crippen molar-refractivity contribution in [3.63, 3.8) is 0 Å². The molecule has 0 radical (unpaired) electrons. The molecule has 1 aromatic heterocycles. The van der Waals surface area contributed by atoms with E-state index in [1.165, 1.54) is 19.3 Å². The molecule has 0 aromatic carbocycles. The van der Waals surface area contributed by atoms with E-state index in [9.17, 15) is 0 Å². The lowest BCUT2D eigenvalue weighted by Gasteiger charge is -2.07. The summed E-state index contributed by atoms with van der Waals surface area (Å²) in [5, 5.41) is 3.72. The monoisotopic (exact) mass is 271 g/mol. The van der Waals surface area contributed by atoms with E-state index >= 15 is 0 Å². The van der Waals surface area contributed by atoms with Crippen molar-refractivity contribution in [2.24, 2.45) is 0 Å². The van der Waals surface area contributed by atoms with Crippen molar-refractivity contribution in [1.29, 1.82) is 0 Å². The molecule has 1 aromatic rings. The van der Waals surface area contributed by atoms with Crippen LogP contribution < -0.4 is 5.32 Å². The highest BCUT2D eigenvalue weighted by molar-refractivity contribution is 6.29. The Bertz CT molecular complexity index is 347. The van der Waals surface area contributed by atoms with Crippen molar-refractivity contribution < 1.29 is 4.74 Å². The Kier molecular flexibility index (Phi) is 7.69. The van der Waals surface area contributed by atoms with E-state index in [-0.39, 0.29) is 0 Å². The number of aromatic nitrogens is 2. The Hall–Kier alpha value is -0.870. The fourth-order valence-electron chi connectivity index (χ4n) is 1.58. The predicted molar refractivity (Wildman–Crippen MR) is 75.0 cm³/mol. The van der Waals surface area contributed by atoms with E-state index in [1.807, 2.05) is 6.92 Å². The summed E-state index contributed by atoms with van der Waals surface area (Å²) < 4.78 is 5.28. The summed E-state index contributed by atoms with van der Waals surface area (Å²) in [4.78, 5) is 8.48. The largest absolute Gasteiger partial charge is 0.374 e. The zero-order valence-electron chi connectivity index (χ0n) is 11.2. The maximum Gasteiger partial charge on any atom is 0.158 e. The van der Waals surface area contributed by atoms with Crippen molar-refractivity contribution in [1.82, 2.24) is 9.97 Å².